The van der Waals surface area contributed by atoms with E-state index in [1.54, 1.807) is 0 Å². The molecular formula is C12H24O11. The zero-order valence-corrected chi connectivity index (χ0v) is 12.2. The third kappa shape index (κ3) is 4.78. The molecule has 11 nitrogen and oxygen atoms in total. The number of aliphatic hydroxyl groups excluding tert-OH is 9. The first-order valence-corrected chi connectivity index (χ1v) is 7.00. The van der Waals surface area contributed by atoms with Crippen molar-refractivity contribution in [1.82, 2.24) is 0 Å². The quantitative estimate of drug-likeness (QED) is 0.203. The van der Waals surface area contributed by atoms with E-state index < -0.39 is 74.9 Å². The molecule has 0 spiro atoms. The van der Waals surface area contributed by atoms with Crippen LogP contribution in [0.25, 0.3) is 0 Å². The molecule has 11 heteroatoms. The Balaban J connectivity index is 2.89. The van der Waals surface area contributed by atoms with Gasteiger partial charge in [-0.2, -0.15) is 0 Å². The van der Waals surface area contributed by atoms with Crippen LogP contribution in [0, 0.1) is 0 Å². The lowest BCUT2D eigenvalue weighted by molar-refractivity contribution is -0.327. The van der Waals surface area contributed by atoms with Crippen LogP contribution in [0.1, 0.15) is 0 Å². The van der Waals surface area contributed by atoms with Crippen molar-refractivity contribution in [3.8, 4) is 0 Å². The average Bonchev–Trinajstić information content (AvgIpc) is 2.57. The molecule has 1 saturated heterocycles. The molecule has 1 heterocycles. The van der Waals surface area contributed by atoms with E-state index in [1.807, 2.05) is 0 Å². The summed E-state index contributed by atoms with van der Waals surface area (Å²) in [6.45, 7) is -2.45. The van der Waals surface area contributed by atoms with Crippen LogP contribution in [0.5, 0.6) is 0 Å². The zero-order chi connectivity index (χ0) is 17.7. The Kier molecular flexibility index (Phi) is 8.20. The van der Waals surface area contributed by atoms with Crippen molar-refractivity contribution in [3.63, 3.8) is 0 Å². The van der Waals surface area contributed by atoms with Gasteiger partial charge in [0.25, 0.3) is 0 Å². The van der Waals surface area contributed by atoms with Gasteiger partial charge in [0, 0.05) is 0 Å². The molecule has 23 heavy (non-hydrogen) atoms. The van der Waals surface area contributed by atoms with Crippen molar-refractivity contribution in [2.45, 2.75) is 55.1 Å². The largest absolute Gasteiger partial charge is 0.394 e. The van der Waals surface area contributed by atoms with Crippen LogP contribution in [0.4, 0.5) is 0 Å². The highest BCUT2D eigenvalue weighted by atomic mass is 16.7. The number of hydrogen-bond donors (Lipinski definition) is 9. The minimum atomic E-state index is -1.85. The minimum absolute atomic E-state index is 0.708. The molecule has 138 valence electrons. The first-order valence-electron chi connectivity index (χ1n) is 7.00. The van der Waals surface area contributed by atoms with Crippen molar-refractivity contribution in [3.05, 3.63) is 0 Å². The summed E-state index contributed by atoms with van der Waals surface area (Å²) in [6.07, 6.45) is -15.1. The average molecular weight is 344 g/mol. The minimum Gasteiger partial charge on any atom is -0.394 e. The summed E-state index contributed by atoms with van der Waals surface area (Å²) < 4.78 is 10.1. The van der Waals surface area contributed by atoms with Gasteiger partial charge in [-0.25, -0.2) is 0 Å². The maximum absolute atomic E-state index is 9.83. The molecule has 0 aromatic carbocycles. The van der Waals surface area contributed by atoms with E-state index in [4.69, 9.17) is 24.8 Å². The van der Waals surface area contributed by atoms with Gasteiger partial charge in [0.1, 0.15) is 48.8 Å². The van der Waals surface area contributed by atoms with E-state index in [0.29, 0.717) is 0 Å². The maximum Gasteiger partial charge on any atom is 0.187 e. The number of rotatable bonds is 8. The fourth-order valence-electron chi connectivity index (χ4n) is 2.16. The summed E-state index contributed by atoms with van der Waals surface area (Å²) in [5.41, 5.74) is 0. The summed E-state index contributed by atoms with van der Waals surface area (Å²) >= 11 is 0. The van der Waals surface area contributed by atoms with Crippen molar-refractivity contribution in [1.29, 1.82) is 0 Å². The molecule has 0 bridgehead atoms. The Bertz CT molecular complexity index is 341. The van der Waals surface area contributed by atoms with E-state index in [9.17, 15) is 30.6 Å². The first-order chi connectivity index (χ1) is 10.8. The van der Waals surface area contributed by atoms with Gasteiger partial charge in [-0.1, -0.05) is 0 Å². The normalized spacial score (nSPS) is 37.2. The molecule has 0 aliphatic carbocycles. The van der Waals surface area contributed by atoms with Crippen LogP contribution in [-0.2, 0) is 9.47 Å². The first kappa shape index (κ1) is 20.6. The van der Waals surface area contributed by atoms with Gasteiger partial charge in [-0.3, -0.25) is 0 Å². The van der Waals surface area contributed by atoms with Crippen molar-refractivity contribution in [2.75, 3.05) is 19.8 Å². The Hall–Kier alpha value is -0.440. The van der Waals surface area contributed by atoms with Crippen molar-refractivity contribution < 1.29 is 55.4 Å². The summed E-state index contributed by atoms with van der Waals surface area (Å²) in [4.78, 5) is 0. The van der Waals surface area contributed by atoms with E-state index in [0.717, 1.165) is 0 Å². The molecule has 0 saturated carbocycles. The summed E-state index contributed by atoms with van der Waals surface area (Å²) in [7, 11) is 0. The standard InChI is InChI=1S/C12H24O11/c13-1-4(16)7(18)11(5(17)2-14)23-12-10(21)9(20)8(19)6(3-15)22-12/h4-21H,1-3H2/t4-,5-,6-,7-,8-,9+,10-,11-,12+/m1/s1. The van der Waals surface area contributed by atoms with Gasteiger partial charge in [0.05, 0.1) is 19.8 Å². The Labute approximate surface area is 131 Å². The van der Waals surface area contributed by atoms with Crippen molar-refractivity contribution >= 4 is 0 Å². The van der Waals surface area contributed by atoms with E-state index in [2.05, 4.69) is 0 Å². The lowest BCUT2D eigenvalue weighted by Gasteiger charge is -2.42. The molecule has 9 atom stereocenters. The van der Waals surface area contributed by atoms with Gasteiger partial charge < -0.3 is 55.4 Å². The molecule has 1 fully saturated rings. The Morgan fingerprint density at radius 3 is 1.87 bits per heavy atom. The van der Waals surface area contributed by atoms with Gasteiger partial charge >= 0.3 is 0 Å². The molecular weight excluding hydrogens is 320 g/mol. The molecule has 0 aromatic heterocycles. The van der Waals surface area contributed by atoms with Gasteiger partial charge in [0.2, 0.25) is 0 Å². The molecule has 9 N–H and O–H groups in total. The Morgan fingerprint density at radius 2 is 1.39 bits per heavy atom. The van der Waals surface area contributed by atoms with Gasteiger partial charge in [-0.15, -0.1) is 0 Å². The maximum atomic E-state index is 9.83. The van der Waals surface area contributed by atoms with Crippen LogP contribution in [0.2, 0.25) is 0 Å². The summed E-state index contributed by atoms with van der Waals surface area (Å²) in [5.74, 6) is 0. The second-order valence-electron chi connectivity index (χ2n) is 5.29. The molecule has 0 unspecified atom stereocenters. The zero-order valence-electron chi connectivity index (χ0n) is 12.2. The van der Waals surface area contributed by atoms with Crippen LogP contribution >= 0.6 is 0 Å². The fraction of sp³-hybridized carbons (Fsp3) is 1.00. The van der Waals surface area contributed by atoms with Crippen molar-refractivity contribution in [2.24, 2.45) is 0 Å². The van der Waals surface area contributed by atoms with Gasteiger partial charge in [0.15, 0.2) is 6.29 Å². The highest BCUT2D eigenvalue weighted by Crippen LogP contribution is 2.24. The predicted molar refractivity (Wildman–Crippen MR) is 70.8 cm³/mol. The predicted octanol–water partition coefficient (Wildman–Crippen LogP) is -5.76. The highest BCUT2D eigenvalue weighted by molar-refractivity contribution is 4.91. The monoisotopic (exact) mass is 344 g/mol. The lowest BCUT2D eigenvalue weighted by Crippen LogP contribution is -2.61. The Morgan fingerprint density at radius 1 is 0.826 bits per heavy atom. The number of ether oxygens (including phenoxy) is 2. The molecule has 0 aromatic rings. The summed E-state index contributed by atoms with van der Waals surface area (Å²) in [5, 5.41) is 84.9. The highest BCUT2D eigenvalue weighted by Gasteiger charge is 2.46. The van der Waals surface area contributed by atoms with Gasteiger partial charge in [-0.05, 0) is 0 Å². The second kappa shape index (κ2) is 9.15. The van der Waals surface area contributed by atoms with E-state index >= 15 is 0 Å². The number of aliphatic hydroxyl groups is 9. The second-order valence-corrected chi connectivity index (χ2v) is 5.29. The SMILES string of the molecule is OC[C@@H](O)[C@@H](O)[C@H](O[C@@H]1O[C@H](CO)[C@@H](O)[C@H](O)[C@H]1O)[C@H](O)CO. The smallest absolute Gasteiger partial charge is 0.187 e. The number of hydrogen-bond acceptors (Lipinski definition) is 11. The molecule has 1 aliphatic heterocycles. The topological polar surface area (TPSA) is 201 Å². The fourth-order valence-corrected chi connectivity index (χ4v) is 2.16. The third-order valence-electron chi connectivity index (χ3n) is 3.62. The molecule has 1 aliphatic rings. The van der Waals surface area contributed by atoms with E-state index in [-0.39, 0.29) is 0 Å². The van der Waals surface area contributed by atoms with Crippen LogP contribution in [0.15, 0.2) is 0 Å². The van der Waals surface area contributed by atoms with Crippen LogP contribution < -0.4 is 0 Å². The third-order valence-corrected chi connectivity index (χ3v) is 3.62. The molecule has 0 amide bonds. The molecule has 1 rings (SSSR count). The van der Waals surface area contributed by atoms with Crippen LogP contribution in [-0.4, -0.2) is 121 Å². The lowest BCUT2D eigenvalue weighted by atomic mass is 9.98. The molecule has 0 radical (unpaired) electrons. The van der Waals surface area contributed by atoms with Crippen LogP contribution in [0.3, 0.4) is 0 Å². The van der Waals surface area contributed by atoms with E-state index in [1.165, 1.54) is 0 Å². The summed E-state index contributed by atoms with van der Waals surface area (Å²) in [6, 6.07) is 0.